The summed E-state index contributed by atoms with van der Waals surface area (Å²) in [5, 5.41) is 6.03. The van der Waals surface area contributed by atoms with Crippen LogP contribution in [0, 0.1) is 0 Å². The number of aromatic nitrogens is 2. The molecule has 0 spiro atoms. The molecule has 6 heteroatoms. The summed E-state index contributed by atoms with van der Waals surface area (Å²) < 4.78 is 2.09. The Hall–Kier alpha value is -1.56. The Morgan fingerprint density at radius 3 is 2.88 bits per heavy atom. The molecule has 0 saturated heterocycles. The lowest BCUT2D eigenvalue weighted by atomic mass is 10.5. The minimum atomic E-state index is -0.0677. The maximum absolute atomic E-state index is 11.2. The van der Waals surface area contributed by atoms with E-state index in [9.17, 15) is 4.79 Å². The second kappa shape index (κ2) is 6.90. The zero-order valence-corrected chi connectivity index (χ0v) is 10.7. The Bertz CT molecular complexity index is 347. The van der Waals surface area contributed by atoms with Crippen molar-refractivity contribution in [2.24, 2.45) is 0 Å². The first-order valence-electron chi connectivity index (χ1n) is 5.81. The lowest BCUT2D eigenvalue weighted by Crippen LogP contribution is -2.38. The second-order valence-corrected chi connectivity index (χ2v) is 3.93. The van der Waals surface area contributed by atoms with Crippen molar-refractivity contribution < 1.29 is 4.79 Å². The average Bonchev–Trinajstić information content (AvgIpc) is 2.75. The number of rotatable bonds is 6. The van der Waals surface area contributed by atoms with Crippen molar-refractivity contribution in [3.05, 3.63) is 18.2 Å². The highest BCUT2D eigenvalue weighted by Gasteiger charge is 2.02. The van der Waals surface area contributed by atoms with Gasteiger partial charge in [0.15, 0.2) is 0 Å². The number of hydrogen-bond donors (Lipinski definition) is 2. The molecular weight excluding hydrogens is 218 g/mol. The van der Waals surface area contributed by atoms with E-state index in [2.05, 4.69) is 27.1 Å². The topological polar surface area (TPSA) is 62.2 Å². The second-order valence-electron chi connectivity index (χ2n) is 3.93. The molecule has 1 aromatic rings. The number of hydrogen-bond acceptors (Lipinski definition) is 3. The highest BCUT2D eigenvalue weighted by molar-refractivity contribution is 5.73. The van der Waals surface area contributed by atoms with Crippen molar-refractivity contribution in [2.45, 2.75) is 20.0 Å². The molecule has 0 atom stereocenters. The zero-order valence-electron chi connectivity index (χ0n) is 10.7. The van der Waals surface area contributed by atoms with Crippen molar-refractivity contribution >= 4 is 6.03 Å². The number of imidazole rings is 1. The molecule has 0 bridgehead atoms. The van der Waals surface area contributed by atoms with Crippen LogP contribution < -0.4 is 10.6 Å². The van der Waals surface area contributed by atoms with Crippen LogP contribution in [0.15, 0.2) is 12.4 Å². The fourth-order valence-electron chi connectivity index (χ4n) is 1.41. The summed E-state index contributed by atoms with van der Waals surface area (Å²) in [6.45, 7) is 5.08. The third-order valence-corrected chi connectivity index (χ3v) is 2.41. The molecule has 17 heavy (non-hydrogen) atoms. The summed E-state index contributed by atoms with van der Waals surface area (Å²) in [7, 11) is 3.45. The summed E-state index contributed by atoms with van der Waals surface area (Å²) in [6, 6.07) is -0.0677. The third-order valence-electron chi connectivity index (χ3n) is 2.41. The minimum absolute atomic E-state index is 0.0677. The number of aryl methyl sites for hydroxylation is 1. The standard InChI is InChI=1S/C11H21N5O/c1-4-16-8-7-13-10(16)9-12-5-6-14-11(17)15(2)3/h7-8,12H,4-6,9H2,1-3H3,(H,14,17). The van der Waals surface area contributed by atoms with Crippen LogP contribution >= 0.6 is 0 Å². The van der Waals surface area contributed by atoms with Gasteiger partial charge in [-0.15, -0.1) is 0 Å². The van der Waals surface area contributed by atoms with Gasteiger partial charge >= 0.3 is 6.03 Å². The highest BCUT2D eigenvalue weighted by atomic mass is 16.2. The van der Waals surface area contributed by atoms with Crippen molar-refractivity contribution in [2.75, 3.05) is 27.2 Å². The number of carbonyl (C=O) groups excluding carboxylic acids is 1. The number of nitrogens with one attached hydrogen (secondary N) is 2. The lowest BCUT2D eigenvalue weighted by molar-refractivity contribution is 0.217. The highest BCUT2D eigenvalue weighted by Crippen LogP contribution is 1.95. The first-order chi connectivity index (χ1) is 8.15. The van der Waals surface area contributed by atoms with Gasteiger partial charge in [0.1, 0.15) is 5.82 Å². The summed E-state index contributed by atoms with van der Waals surface area (Å²) >= 11 is 0. The van der Waals surface area contributed by atoms with Crippen LogP contribution in [0.25, 0.3) is 0 Å². The van der Waals surface area contributed by atoms with E-state index in [4.69, 9.17) is 0 Å². The van der Waals surface area contributed by atoms with Crippen LogP contribution in [-0.2, 0) is 13.1 Å². The van der Waals surface area contributed by atoms with Gasteiger partial charge in [0, 0.05) is 46.1 Å². The number of nitrogens with zero attached hydrogens (tertiary/aromatic N) is 3. The lowest BCUT2D eigenvalue weighted by Gasteiger charge is -2.12. The van der Waals surface area contributed by atoms with Gasteiger partial charge < -0.3 is 20.1 Å². The summed E-state index contributed by atoms with van der Waals surface area (Å²) in [5.74, 6) is 1.02. The van der Waals surface area contributed by atoms with Crippen LogP contribution in [-0.4, -0.2) is 47.7 Å². The van der Waals surface area contributed by atoms with Gasteiger partial charge in [-0.25, -0.2) is 9.78 Å². The Morgan fingerprint density at radius 2 is 2.24 bits per heavy atom. The fraction of sp³-hybridized carbons (Fsp3) is 0.636. The molecule has 0 aliphatic heterocycles. The van der Waals surface area contributed by atoms with Crippen molar-refractivity contribution in [1.82, 2.24) is 25.1 Å². The van der Waals surface area contributed by atoms with Gasteiger partial charge in [0.2, 0.25) is 0 Å². The summed E-state index contributed by atoms with van der Waals surface area (Å²) in [6.07, 6.45) is 3.76. The molecule has 0 radical (unpaired) electrons. The Kier molecular flexibility index (Phi) is 5.48. The van der Waals surface area contributed by atoms with E-state index < -0.39 is 0 Å². The molecule has 1 heterocycles. The number of urea groups is 1. The number of carbonyl (C=O) groups is 1. The minimum Gasteiger partial charge on any atom is -0.337 e. The van der Waals surface area contributed by atoms with Gasteiger partial charge in [-0.3, -0.25) is 0 Å². The van der Waals surface area contributed by atoms with Gasteiger partial charge in [0.05, 0.1) is 6.54 Å². The smallest absolute Gasteiger partial charge is 0.316 e. The van der Waals surface area contributed by atoms with Crippen molar-refractivity contribution in [3.63, 3.8) is 0 Å². The fourth-order valence-corrected chi connectivity index (χ4v) is 1.41. The van der Waals surface area contributed by atoms with Crippen LogP contribution in [0.4, 0.5) is 4.79 Å². The largest absolute Gasteiger partial charge is 0.337 e. The SMILES string of the molecule is CCn1ccnc1CNCCNC(=O)N(C)C. The monoisotopic (exact) mass is 239 g/mol. The van der Waals surface area contributed by atoms with Gasteiger partial charge in [0.25, 0.3) is 0 Å². The van der Waals surface area contributed by atoms with Gasteiger partial charge in [-0.05, 0) is 6.92 Å². The molecule has 0 saturated carbocycles. The van der Waals surface area contributed by atoms with Crippen molar-refractivity contribution in [3.8, 4) is 0 Å². The van der Waals surface area contributed by atoms with Crippen LogP contribution in [0.1, 0.15) is 12.7 Å². The van der Waals surface area contributed by atoms with Gasteiger partial charge in [-0.1, -0.05) is 0 Å². The predicted octanol–water partition coefficient (Wildman–Crippen LogP) is 0.264. The molecule has 0 aromatic carbocycles. The van der Waals surface area contributed by atoms with Crippen molar-refractivity contribution in [1.29, 1.82) is 0 Å². The quantitative estimate of drug-likeness (QED) is 0.700. The molecule has 96 valence electrons. The van der Waals surface area contributed by atoms with Gasteiger partial charge in [-0.2, -0.15) is 0 Å². The molecule has 0 fully saturated rings. The van der Waals surface area contributed by atoms with E-state index in [0.29, 0.717) is 6.54 Å². The van der Waals surface area contributed by atoms with E-state index in [1.54, 1.807) is 20.3 Å². The molecule has 1 rings (SSSR count). The normalized spacial score (nSPS) is 10.3. The van der Waals surface area contributed by atoms with E-state index >= 15 is 0 Å². The third kappa shape index (κ3) is 4.44. The van der Waals surface area contributed by atoms with Crippen LogP contribution in [0.2, 0.25) is 0 Å². The summed E-state index contributed by atoms with van der Waals surface area (Å²) in [4.78, 5) is 17.0. The maximum atomic E-state index is 11.2. The first-order valence-corrected chi connectivity index (χ1v) is 5.81. The van der Waals surface area contributed by atoms with Crippen LogP contribution in [0.5, 0.6) is 0 Å². The molecular formula is C11H21N5O. The number of amides is 2. The molecule has 2 N–H and O–H groups in total. The van der Waals surface area contributed by atoms with E-state index in [-0.39, 0.29) is 6.03 Å². The Labute approximate surface area is 102 Å². The molecule has 6 nitrogen and oxygen atoms in total. The van der Waals surface area contributed by atoms with E-state index in [1.165, 1.54) is 4.90 Å². The molecule has 1 aromatic heterocycles. The molecule has 0 aliphatic carbocycles. The van der Waals surface area contributed by atoms with E-state index in [0.717, 1.165) is 25.5 Å². The Morgan fingerprint density at radius 1 is 1.47 bits per heavy atom. The van der Waals surface area contributed by atoms with E-state index in [1.807, 2.05) is 6.20 Å². The maximum Gasteiger partial charge on any atom is 0.316 e. The summed E-state index contributed by atoms with van der Waals surface area (Å²) in [5.41, 5.74) is 0. The first kappa shape index (κ1) is 13.5. The Balaban J connectivity index is 2.14. The molecule has 0 aliphatic rings. The zero-order chi connectivity index (χ0) is 12.7. The predicted molar refractivity (Wildman–Crippen MR) is 66.7 cm³/mol. The molecule has 0 unspecified atom stereocenters. The molecule has 2 amide bonds. The van der Waals surface area contributed by atoms with Crippen LogP contribution in [0.3, 0.4) is 0 Å². The average molecular weight is 239 g/mol.